The van der Waals surface area contributed by atoms with Gasteiger partial charge < -0.3 is 19.3 Å². The number of piperazine rings is 1. The van der Waals surface area contributed by atoms with E-state index in [4.69, 9.17) is 4.74 Å². The van der Waals surface area contributed by atoms with Crippen LogP contribution in [0.15, 0.2) is 24.3 Å². The summed E-state index contributed by atoms with van der Waals surface area (Å²) in [7, 11) is 1.35. The molecule has 0 saturated carbocycles. The molecule has 2 rings (SSSR count). The van der Waals surface area contributed by atoms with Gasteiger partial charge in [-0.05, 0) is 19.1 Å². The van der Waals surface area contributed by atoms with Gasteiger partial charge in [-0.15, -0.1) is 0 Å². The lowest BCUT2D eigenvalue weighted by Crippen LogP contribution is -2.51. The second-order valence-corrected chi connectivity index (χ2v) is 4.63. The lowest BCUT2D eigenvalue weighted by Gasteiger charge is -2.33. The Hall–Kier alpha value is -2.24. The van der Waals surface area contributed by atoms with Gasteiger partial charge in [0.1, 0.15) is 5.75 Å². The summed E-state index contributed by atoms with van der Waals surface area (Å²) >= 11 is 0. The smallest absolute Gasteiger partial charge is 0.415 e. The summed E-state index contributed by atoms with van der Waals surface area (Å²) in [6, 6.07) is 7.30. The standard InChI is InChI=1S/C14H18N2O4/c1-11-3-5-12(6-4-11)20-14(18)16-9-7-15(8-10-16)13(17)19-2/h3-6H,7-10H2,1-2H3. The largest absolute Gasteiger partial charge is 0.453 e. The summed E-state index contributed by atoms with van der Waals surface area (Å²) in [6.07, 6.45) is -0.755. The molecule has 1 aromatic carbocycles. The molecule has 1 fully saturated rings. The molecular formula is C14H18N2O4. The van der Waals surface area contributed by atoms with Crippen LogP contribution in [0.5, 0.6) is 5.75 Å². The minimum Gasteiger partial charge on any atom is -0.453 e. The summed E-state index contributed by atoms with van der Waals surface area (Å²) in [6.45, 7) is 3.77. The highest BCUT2D eigenvalue weighted by molar-refractivity contribution is 5.72. The van der Waals surface area contributed by atoms with E-state index in [1.165, 1.54) is 7.11 Å². The third-order valence-corrected chi connectivity index (χ3v) is 3.20. The first-order valence-electron chi connectivity index (χ1n) is 6.46. The van der Waals surface area contributed by atoms with Gasteiger partial charge in [0.25, 0.3) is 0 Å². The molecule has 0 atom stereocenters. The quantitative estimate of drug-likeness (QED) is 0.787. The first kappa shape index (κ1) is 14.2. The molecule has 108 valence electrons. The van der Waals surface area contributed by atoms with Crippen molar-refractivity contribution in [3.63, 3.8) is 0 Å². The third-order valence-electron chi connectivity index (χ3n) is 3.20. The van der Waals surface area contributed by atoms with Crippen molar-refractivity contribution >= 4 is 12.2 Å². The van der Waals surface area contributed by atoms with Crippen LogP contribution in [0.3, 0.4) is 0 Å². The Morgan fingerprint density at radius 1 is 0.950 bits per heavy atom. The zero-order valence-corrected chi connectivity index (χ0v) is 11.7. The fourth-order valence-electron chi connectivity index (χ4n) is 1.97. The van der Waals surface area contributed by atoms with E-state index in [2.05, 4.69) is 4.74 Å². The van der Waals surface area contributed by atoms with Gasteiger partial charge in [-0.1, -0.05) is 17.7 Å². The number of methoxy groups -OCH3 is 1. The zero-order valence-electron chi connectivity index (χ0n) is 11.7. The number of ether oxygens (including phenoxy) is 2. The number of nitrogens with zero attached hydrogens (tertiary/aromatic N) is 2. The number of rotatable bonds is 1. The molecule has 6 heteroatoms. The maximum Gasteiger partial charge on any atom is 0.415 e. The molecule has 0 spiro atoms. The molecule has 1 heterocycles. The number of carbonyl (C=O) groups excluding carboxylic acids is 2. The van der Waals surface area contributed by atoms with E-state index < -0.39 is 6.09 Å². The Kier molecular flexibility index (Phi) is 4.45. The van der Waals surface area contributed by atoms with Crippen LogP contribution in [-0.2, 0) is 4.74 Å². The maximum atomic E-state index is 12.0. The van der Waals surface area contributed by atoms with Crippen LogP contribution in [0.2, 0.25) is 0 Å². The Labute approximate surface area is 117 Å². The first-order valence-corrected chi connectivity index (χ1v) is 6.46. The van der Waals surface area contributed by atoms with E-state index in [9.17, 15) is 9.59 Å². The predicted molar refractivity (Wildman–Crippen MR) is 72.8 cm³/mol. The van der Waals surface area contributed by atoms with E-state index in [1.807, 2.05) is 19.1 Å². The molecule has 0 aliphatic carbocycles. The van der Waals surface area contributed by atoms with Gasteiger partial charge in [-0.25, -0.2) is 9.59 Å². The molecule has 1 aliphatic rings. The Morgan fingerprint density at radius 2 is 1.45 bits per heavy atom. The average Bonchev–Trinajstić information content (AvgIpc) is 2.49. The highest BCUT2D eigenvalue weighted by Crippen LogP contribution is 2.13. The Bertz CT molecular complexity index is 478. The summed E-state index contributed by atoms with van der Waals surface area (Å²) < 4.78 is 9.93. The van der Waals surface area contributed by atoms with Crippen LogP contribution in [0.4, 0.5) is 9.59 Å². The topological polar surface area (TPSA) is 59.1 Å². The van der Waals surface area contributed by atoms with Crippen LogP contribution in [0, 0.1) is 6.92 Å². The maximum absolute atomic E-state index is 12.0. The lowest BCUT2D eigenvalue weighted by atomic mass is 10.2. The van der Waals surface area contributed by atoms with Gasteiger partial charge in [0, 0.05) is 26.2 Å². The summed E-state index contributed by atoms with van der Waals surface area (Å²) in [5.41, 5.74) is 1.11. The highest BCUT2D eigenvalue weighted by Gasteiger charge is 2.25. The van der Waals surface area contributed by atoms with Gasteiger partial charge >= 0.3 is 12.2 Å². The summed E-state index contributed by atoms with van der Waals surface area (Å²) in [4.78, 5) is 26.5. The van der Waals surface area contributed by atoms with Crippen molar-refractivity contribution in [1.82, 2.24) is 9.80 Å². The fraction of sp³-hybridized carbons (Fsp3) is 0.429. The number of amides is 2. The van der Waals surface area contributed by atoms with Crippen molar-refractivity contribution in [3.8, 4) is 5.75 Å². The molecule has 0 aromatic heterocycles. The Morgan fingerprint density at radius 3 is 1.95 bits per heavy atom. The lowest BCUT2D eigenvalue weighted by molar-refractivity contribution is 0.0869. The van der Waals surface area contributed by atoms with Crippen molar-refractivity contribution in [2.24, 2.45) is 0 Å². The second kappa shape index (κ2) is 6.27. The zero-order chi connectivity index (χ0) is 14.5. The van der Waals surface area contributed by atoms with Gasteiger partial charge in [0.2, 0.25) is 0 Å². The van der Waals surface area contributed by atoms with Crippen LogP contribution in [-0.4, -0.2) is 55.3 Å². The number of carbonyl (C=O) groups is 2. The first-order chi connectivity index (χ1) is 9.60. The SMILES string of the molecule is COC(=O)N1CCN(C(=O)Oc2ccc(C)cc2)CC1. The molecule has 2 amide bonds. The van der Waals surface area contributed by atoms with Crippen molar-refractivity contribution in [2.45, 2.75) is 6.92 Å². The van der Waals surface area contributed by atoms with Gasteiger partial charge in [-0.2, -0.15) is 0 Å². The molecule has 6 nitrogen and oxygen atoms in total. The van der Waals surface area contributed by atoms with Crippen molar-refractivity contribution in [1.29, 1.82) is 0 Å². The molecule has 1 aromatic rings. The molecule has 0 N–H and O–H groups in total. The monoisotopic (exact) mass is 278 g/mol. The Balaban J connectivity index is 1.85. The number of hydrogen-bond donors (Lipinski definition) is 0. The minimum atomic E-state index is -0.390. The van der Waals surface area contributed by atoms with Crippen LogP contribution in [0.1, 0.15) is 5.56 Å². The van der Waals surface area contributed by atoms with Crippen LogP contribution >= 0.6 is 0 Å². The molecular weight excluding hydrogens is 260 g/mol. The van der Waals surface area contributed by atoms with Crippen molar-refractivity contribution in [3.05, 3.63) is 29.8 Å². The van der Waals surface area contributed by atoms with E-state index in [0.717, 1.165) is 5.56 Å². The average molecular weight is 278 g/mol. The molecule has 20 heavy (non-hydrogen) atoms. The summed E-state index contributed by atoms with van der Waals surface area (Å²) in [5.74, 6) is 0.524. The van der Waals surface area contributed by atoms with Gasteiger partial charge in [0.05, 0.1) is 7.11 Å². The van der Waals surface area contributed by atoms with Crippen LogP contribution in [0.25, 0.3) is 0 Å². The van der Waals surface area contributed by atoms with E-state index in [-0.39, 0.29) is 6.09 Å². The molecule has 1 saturated heterocycles. The highest BCUT2D eigenvalue weighted by atomic mass is 16.6. The fourth-order valence-corrected chi connectivity index (χ4v) is 1.97. The summed E-state index contributed by atoms with van der Waals surface area (Å²) in [5, 5.41) is 0. The second-order valence-electron chi connectivity index (χ2n) is 4.63. The minimum absolute atomic E-state index is 0.364. The molecule has 0 bridgehead atoms. The third kappa shape index (κ3) is 3.40. The van der Waals surface area contributed by atoms with Gasteiger partial charge in [0.15, 0.2) is 0 Å². The van der Waals surface area contributed by atoms with E-state index in [1.54, 1.807) is 21.9 Å². The van der Waals surface area contributed by atoms with E-state index >= 15 is 0 Å². The molecule has 1 aliphatic heterocycles. The predicted octanol–water partition coefficient (Wildman–Crippen LogP) is 1.88. The molecule has 0 unspecified atom stereocenters. The van der Waals surface area contributed by atoms with Crippen molar-refractivity contribution in [2.75, 3.05) is 33.3 Å². The number of aryl methyl sites for hydroxylation is 1. The van der Waals surface area contributed by atoms with E-state index in [0.29, 0.717) is 31.9 Å². The number of benzene rings is 1. The normalized spacial score (nSPS) is 14.9. The number of hydrogen-bond acceptors (Lipinski definition) is 4. The van der Waals surface area contributed by atoms with Crippen LogP contribution < -0.4 is 4.74 Å². The van der Waals surface area contributed by atoms with Crippen molar-refractivity contribution < 1.29 is 19.1 Å². The van der Waals surface area contributed by atoms with Gasteiger partial charge in [-0.3, -0.25) is 0 Å². The molecule has 0 radical (unpaired) electrons.